The zero-order valence-electron chi connectivity index (χ0n) is 16.9. The molecule has 3 amide bonds. The first-order valence-corrected chi connectivity index (χ1v) is 9.07. The van der Waals surface area contributed by atoms with Gasteiger partial charge in [-0.2, -0.15) is 13.9 Å². The van der Waals surface area contributed by atoms with E-state index in [1.54, 1.807) is 57.2 Å². The first-order valence-electron chi connectivity index (χ1n) is 9.07. The van der Waals surface area contributed by atoms with Gasteiger partial charge in [-0.1, -0.05) is 12.1 Å². The second kappa shape index (κ2) is 8.10. The Morgan fingerprint density at radius 1 is 1.13 bits per heavy atom. The minimum absolute atomic E-state index is 0.0872. The fourth-order valence-corrected chi connectivity index (χ4v) is 3.31. The second-order valence-electron chi connectivity index (χ2n) is 7.01. The van der Waals surface area contributed by atoms with Crippen molar-refractivity contribution in [1.82, 2.24) is 10.3 Å². The first-order chi connectivity index (χ1) is 14.2. The molecule has 0 spiro atoms. The fourth-order valence-electron chi connectivity index (χ4n) is 3.31. The van der Waals surface area contributed by atoms with Crippen molar-refractivity contribution in [1.29, 1.82) is 0 Å². The van der Waals surface area contributed by atoms with E-state index < -0.39 is 24.1 Å². The van der Waals surface area contributed by atoms with E-state index in [1.807, 2.05) is 0 Å². The molecule has 7 nitrogen and oxygen atoms in total. The average Bonchev–Trinajstić information content (AvgIpc) is 2.92. The molecule has 2 aromatic carbocycles. The van der Waals surface area contributed by atoms with Gasteiger partial charge in [-0.15, -0.1) is 5.01 Å². The van der Waals surface area contributed by atoms with Gasteiger partial charge in [0.1, 0.15) is 17.0 Å². The summed E-state index contributed by atoms with van der Waals surface area (Å²) in [4.78, 5) is 25.3. The van der Waals surface area contributed by atoms with Gasteiger partial charge >= 0.3 is 12.6 Å². The first kappa shape index (κ1) is 21.2. The average molecular weight is 417 g/mol. The lowest BCUT2D eigenvalue weighted by molar-refractivity contribution is -0.131. The molecule has 9 heteroatoms. The smallest absolute Gasteiger partial charge is 0.387 e. The molecule has 0 saturated carbocycles. The number of amides is 3. The maximum absolute atomic E-state index is 12.9. The highest BCUT2D eigenvalue weighted by Gasteiger charge is 2.49. The van der Waals surface area contributed by atoms with E-state index in [9.17, 15) is 18.4 Å². The number of nitrogens with one attached hydrogen (secondary N) is 1. The number of carbonyl (C=O) groups excluding carboxylic acids is 2. The number of hydrogen-bond acceptors (Lipinski definition) is 5. The van der Waals surface area contributed by atoms with Crippen molar-refractivity contribution in [3.63, 3.8) is 0 Å². The Balaban J connectivity index is 1.84. The maximum atomic E-state index is 12.9. The maximum Gasteiger partial charge on any atom is 0.387 e. The molecule has 0 unspecified atom stereocenters. The number of imide groups is 1. The molecule has 1 aliphatic heterocycles. The zero-order chi connectivity index (χ0) is 22.1. The van der Waals surface area contributed by atoms with Gasteiger partial charge in [0.2, 0.25) is 0 Å². The number of aryl methyl sites for hydroxylation is 2. The largest absolute Gasteiger partial charge is 0.497 e. The van der Waals surface area contributed by atoms with Crippen LogP contribution in [0, 0.1) is 13.8 Å². The lowest BCUT2D eigenvalue weighted by atomic mass is 9.92. The lowest BCUT2D eigenvalue weighted by Crippen LogP contribution is -2.40. The number of benzene rings is 2. The third-order valence-electron chi connectivity index (χ3n) is 4.85. The van der Waals surface area contributed by atoms with Crippen LogP contribution in [-0.4, -0.2) is 36.9 Å². The van der Waals surface area contributed by atoms with Gasteiger partial charge in [-0.3, -0.25) is 4.79 Å². The Labute approximate surface area is 172 Å². The molecule has 0 bridgehead atoms. The number of alkyl halides is 2. The molecule has 1 N–H and O–H groups in total. The third kappa shape index (κ3) is 3.96. The van der Waals surface area contributed by atoms with Crippen LogP contribution in [0.5, 0.6) is 11.5 Å². The molecule has 1 atom stereocenters. The van der Waals surface area contributed by atoms with Crippen LogP contribution in [0.4, 0.5) is 13.6 Å². The third-order valence-corrected chi connectivity index (χ3v) is 4.85. The van der Waals surface area contributed by atoms with Gasteiger partial charge in [0, 0.05) is 0 Å². The molecule has 3 rings (SSSR count). The highest BCUT2D eigenvalue weighted by molar-refractivity contribution is 6.07. The van der Waals surface area contributed by atoms with Crippen molar-refractivity contribution in [2.45, 2.75) is 32.9 Å². The van der Waals surface area contributed by atoms with Crippen LogP contribution in [0.2, 0.25) is 0 Å². The molecule has 1 saturated heterocycles. The summed E-state index contributed by atoms with van der Waals surface area (Å²) in [5, 5.41) is 7.42. The second-order valence-corrected chi connectivity index (χ2v) is 7.01. The molecular formula is C21H21F2N3O4. The fraction of sp³-hybridized carbons (Fsp3) is 0.286. The number of methoxy groups -OCH3 is 1. The van der Waals surface area contributed by atoms with Crippen molar-refractivity contribution in [2.24, 2.45) is 5.10 Å². The topological polar surface area (TPSA) is 80.2 Å². The van der Waals surface area contributed by atoms with Gasteiger partial charge < -0.3 is 14.8 Å². The molecule has 0 aliphatic carbocycles. The Morgan fingerprint density at radius 3 is 2.27 bits per heavy atom. The summed E-state index contributed by atoms with van der Waals surface area (Å²) in [6, 6.07) is 9.27. The van der Waals surface area contributed by atoms with Crippen LogP contribution in [0.15, 0.2) is 41.5 Å². The number of ether oxygens (including phenoxy) is 2. The van der Waals surface area contributed by atoms with Gasteiger partial charge in [0.05, 0.1) is 13.3 Å². The number of urea groups is 1. The SMILES string of the molecule is COc1ccc([C@]2(C)NC(=O)N(/N=C\c3cc(C)c(OC(F)F)c(C)c3)C2=O)cc1. The van der Waals surface area contributed by atoms with Crippen molar-refractivity contribution in [2.75, 3.05) is 7.11 Å². The normalized spacial score (nSPS) is 19.0. The van der Waals surface area contributed by atoms with E-state index in [2.05, 4.69) is 15.2 Å². The molecule has 1 aliphatic rings. The Bertz CT molecular complexity index is 985. The number of carbonyl (C=O) groups is 2. The van der Waals surface area contributed by atoms with E-state index in [-0.39, 0.29) is 5.75 Å². The van der Waals surface area contributed by atoms with Crippen molar-refractivity contribution in [3.05, 3.63) is 58.7 Å². The quantitative estimate of drug-likeness (QED) is 0.574. The molecule has 2 aromatic rings. The Kier molecular flexibility index (Phi) is 5.73. The zero-order valence-corrected chi connectivity index (χ0v) is 16.9. The number of hydrogen-bond donors (Lipinski definition) is 1. The lowest BCUT2D eigenvalue weighted by Gasteiger charge is -2.21. The molecule has 0 aromatic heterocycles. The van der Waals surface area contributed by atoms with Crippen LogP contribution in [-0.2, 0) is 10.3 Å². The highest BCUT2D eigenvalue weighted by Crippen LogP contribution is 2.30. The van der Waals surface area contributed by atoms with Crippen LogP contribution in [0.25, 0.3) is 0 Å². The predicted molar refractivity (Wildman–Crippen MR) is 106 cm³/mol. The van der Waals surface area contributed by atoms with E-state index in [0.29, 0.717) is 28.0 Å². The van der Waals surface area contributed by atoms with Gasteiger partial charge in [0.25, 0.3) is 5.91 Å². The minimum atomic E-state index is -2.93. The summed E-state index contributed by atoms with van der Waals surface area (Å²) in [5.41, 5.74) is 0.806. The summed E-state index contributed by atoms with van der Waals surface area (Å²) < 4.78 is 34.7. The molecule has 1 heterocycles. The van der Waals surface area contributed by atoms with Crippen molar-refractivity contribution >= 4 is 18.2 Å². The molecular weight excluding hydrogens is 396 g/mol. The summed E-state index contributed by atoms with van der Waals surface area (Å²) in [7, 11) is 1.53. The molecule has 158 valence electrons. The Hall–Kier alpha value is -3.49. The van der Waals surface area contributed by atoms with E-state index in [0.717, 1.165) is 5.01 Å². The van der Waals surface area contributed by atoms with Crippen LogP contribution < -0.4 is 14.8 Å². The van der Waals surface area contributed by atoms with E-state index in [4.69, 9.17) is 4.74 Å². The van der Waals surface area contributed by atoms with E-state index >= 15 is 0 Å². The van der Waals surface area contributed by atoms with E-state index in [1.165, 1.54) is 13.3 Å². The minimum Gasteiger partial charge on any atom is -0.497 e. The predicted octanol–water partition coefficient (Wildman–Crippen LogP) is 3.71. The van der Waals surface area contributed by atoms with Gasteiger partial charge in [-0.25, -0.2) is 4.79 Å². The number of halogens is 2. The van der Waals surface area contributed by atoms with Gasteiger partial charge in [0.15, 0.2) is 0 Å². The standard InChI is InChI=1S/C21H21F2N3O4/c1-12-9-14(10-13(2)17(12)30-19(22)23)11-24-26-18(27)21(3,25-20(26)28)15-5-7-16(29-4)8-6-15/h5-11,19H,1-4H3,(H,25,28)/b24-11-/t21-/m0/s1. The van der Waals surface area contributed by atoms with Crippen LogP contribution >= 0.6 is 0 Å². The van der Waals surface area contributed by atoms with Crippen molar-refractivity contribution < 1.29 is 27.8 Å². The summed E-state index contributed by atoms with van der Waals surface area (Å²) in [6.07, 6.45) is 1.32. The highest BCUT2D eigenvalue weighted by atomic mass is 19.3. The van der Waals surface area contributed by atoms with Crippen molar-refractivity contribution in [3.8, 4) is 11.5 Å². The summed E-state index contributed by atoms with van der Waals surface area (Å²) >= 11 is 0. The number of hydrazone groups is 1. The molecule has 0 radical (unpaired) electrons. The van der Waals surface area contributed by atoms with Crippen LogP contribution in [0.1, 0.15) is 29.2 Å². The Morgan fingerprint density at radius 2 is 1.73 bits per heavy atom. The monoisotopic (exact) mass is 417 g/mol. The number of rotatable bonds is 6. The molecule has 1 fully saturated rings. The van der Waals surface area contributed by atoms with Crippen LogP contribution in [0.3, 0.4) is 0 Å². The molecule has 30 heavy (non-hydrogen) atoms. The van der Waals surface area contributed by atoms with Gasteiger partial charge in [-0.05, 0) is 67.3 Å². The summed E-state index contributed by atoms with van der Waals surface area (Å²) in [6.45, 7) is 1.91. The number of nitrogens with zero attached hydrogens (tertiary/aromatic N) is 2. The summed E-state index contributed by atoms with van der Waals surface area (Å²) in [5.74, 6) is 0.170.